The molecule has 1 aromatic rings. The molecule has 0 aliphatic carbocycles. The Hall–Kier alpha value is -1.51. The minimum Gasteiger partial charge on any atom is -0.492 e. The maximum Gasteiger partial charge on any atom is 0.339 e. The second kappa shape index (κ2) is 15.5. The van der Waals surface area contributed by atoms with Crippen molar-refractivity contribution in [1.82, 2.24) is 0 Å². The summed E-state index contributed by atoms with van der Waals surface area (Å²) in [6.45, 7) is 4.77. The predicted molar refractivity (Wildman–Crippen MR) is 114 cm³/mol. The Bertz CT molecular complexity index is 510. The van der Waals surface area contributed by atoms with Crippen LogP contribution in [-0.2, 0) is 0 Å². The summed E-state index contributed by atoms with van der Waals surface area (Å²) in [6, 6.07) is 5.26. The number of ether oxygens (including phenoxy) is 1. The van der Waals surface area contributed by atoms with Gasteiger partial charge in [-0.1, -0.05) is 103 Å². The van der Waals surface area contributed by atoms with Gasteiger partial charge >= 0.3 is 5.97 Å². The van der Waals surface area contributed by atoms with E-state index in [-0.39, 0.29) is 5.56 Å². The molecular weight excluding hydrogens is 336 g/mol. The first kappa shape index (κ1) is 23.5. The molecule has 1 N–H and O–H groups in total. The Morgan fingerprint density at radius 3 is 1.78 bits per heavy atom. The number of hydrogen-bond acceptors (Lipinski definition) is 2. The quantitative estimate of drug-likeness (QED) is 0.285. The summed E-state index contributed by atoms with van der Waals surface area (Å²) in [5, 5.41) is 9.24. The Labute approximate surface area is 166 Å². The number of benzene rings is 1. The lowest BCUT2D eigenvalue weighted by molar-refractivity contribution is 0.0692. The summed E-state index contributed by atoms with van der Waals surface area (Å²) in [5.74, 6) is -0.394. The number of rotatable bonds is 17. The van der Waals surface area contributed by atoms with E-state index >= 15 is 0 Å². The van der Waals surface area contributed by atoms with E-state index in [1.165, 1.54) is 77.0 Å². The van der Waals surface area contributed by atoms with Crippen molar-refractivity contribution in [2.45, 2.75) is 104 Å². The van der Waals surface area contributed by atoms with Crippen LogP contribution in [0, 0.1) is 6.92 Å². The maximum absolute atomic E-state index is 11.3. The van der Waals surface area contributed by atoms with E-state index in [1.54, 1.807) is 12.1 Å². The van der Waals surface area contributed by atoms with E-state index in [0.29, 0.717) is 12.4 Å². The monoisotopic (exact) mass is 376 g/mol. The summed E-state index contributed by atoms with van der Waals surface area (Å²) < 4.78 is 5.76. The maximum atomic E-state index is 11.3. The van der Waals surface area contributed by atoms with Crippen molar-refractivity contribution in [3.8, 4) is 5.75 Å². The molecule has 0 radical (unpaired) electrons. The molecule has 1 rings (SSSR count). The van der Waals surface area contributed by atoms with Crippen LogP contribution in [0.25, 0.3) is 0 Å². The third-order valence-electron chi connectivity index (χ3n) is 5.19. The molecule has 27 heavy (non-hydrogen) atoms. The van der Waals surface area contributed by atoms with Crippen LogP contribution in [0.5, 0.6) is 5.75 Å². The van der Waals surface area contributed by atoms with Crippen molar-refractivity contribution in [1.29, 1.82) is 0 Å². The van der Waals surface area contributed by atoms with E-state index in [1.807, 2.05) is 13.0 Å². The van der Waals surface area contributed by atoms with Crippen LogP contribution < -0.4 is 4.74 Å². The third-order valence-corrected chi connectivity index (χ3v) is 5.19. The van der Waals surface area contributed by atoms with Gasteiger partial charge in [0.05, 0.1) is 6.61 Å². The molecule has 1 aromatic carbocycles. The molecule has 0 heterocycles. The lowest BCUT2D eigenvalue weighted by Crippen LogP contribution is -2.06. The average molecular weight is 377 g/mol. The minimum absolute atomic E-state index is 0.264. The predicted octanol–water partition coefficient (Wildman–Crippen LogP) is 7.55. The number of carboxylic acids is 1. The smallest absolute Gasteiger partial charge is 0.339 e. The van der Waals surface area contributed by atoms with Crippen LogP contribution in [0.4, 0.5) is 0 Å². The molecule has 0 unspecified atom stereocenters. The number of carbonyl (C=O) groups is 1. The number of carboxylic acid groups (broad SMARTS) is 1. The number of aromatic carboxylic acids is 1. The first-order valence-corrected chi connectivity index (χ1v) is 11.1. The Balaban J connectivity index is 1.95. The highest BCUT2D eigenvalue weighted by molar-refractivity contribution is 5.91. The van der Waals surface area contributed by atoms with Crippen LogP contribution in [0.1, 0.15) is 113 Å². The number of unbranched alkanes of at least 4 members (excludes halogenated alkanes) is 13. The lowest BCUT2D eigenvalue weighted by Gasteiger charge is -2.11. The molecular formula is C24H40O3. The summed E-state index contributed by atoms with van der Waals surface area (Å²) in [5.41, 5.74) is 1.15. The lowest BCUT2D eigenvalue weighted by atomic mass is 10.0. The molecule has 0 amide bonds. The summed E-state index contributed by atoms with van der Waals surface area (Å²) in [6.07, 6.45) is 18.6. The van der Waals surface area contributed by atoms with Crippen LogP contribution >= 0.6 is 0 Å². The standard InChI is InChI=1S/C24H40O3/c1-3-4-5-6-7-8-9-10-11-12-13-14-15-16-20-27-23-21(2)18-17-19-22(23)24(25)26/h17-19H,3-16,20H2,1-2H3,(H,25,26). The Morgan fingerprint density at radius 2 is 1.30 bits per heavy atom. The Kier molecular flexibility index (Phi) is 13.5. The minimum atomic E-state index is -0.922. The van der Waals surface area contributed by atoms with E-state index < -0.39 is 5.97 Å². The van der Waals surface area contributed by atoms with Gasteiger partial charge in [-0.2, -0.15) is 0 Å². The highest BCUT2D eigenvalue weighted by Gasteiger charge is 2.12. The highest BCUT2D eigenvalue weighted by atomic mass is 16.5. The van der Waals surface area contributed by atoms with Gasteiger partial charge in [-0.15, -0.1) is 0 Å². The van der Waals surface area contributed by atoms with Crippen LogP contribution in [-0.4, -0.2) is 17.7 Å². The molecule has 3 heteroatoms. The van der Waals surface area contributed by atoms with Crippen LogP contribution in [0.2, 0.25) is 0 Å². The second-order valence-corrected chi connectivity index (χ2v) is 7.70. The van der Waals surface area contributed by atoms with Crippen molar-refractivity contribution in [2.24, 2.45) is 0 Å². The van der Waals surface area contributed by atoms with Gasteiger partial charge in [0, 0.05) is 0 Å². The van der Waals surface area contributed by atoms with E-state index in [0.717, 1.165) is 18.4 Å². The fraction of sp³-hybridized carbons (Fsp3) is 0.708. The number of hydrogen-bond donors (Lipinski definition) is 1. The largest absolute Gasteiger partial charge is 0.492 e. The van der Waals surface area contributed by atoms with E-state index in [2.05, 4.69) is 6.92 Å². The number of para-hydroxylation sites is 1. The second-order valence-electron chi connectivity index (χ2n) is 7.70. The topological polar surface area (TPSA) is 46.5 Å². The Morgan fingerprint density at radius 1 is 0.815 bits per heavy atom. The molecule has 3 nitrogen and oxygen atoms in total. The molecule has 0 aliphatic rings. The summed E-state index contributed by atoms with van der Waals surface area (Å²) in [7, 11) is 0. The first-order valence-electron chi connectivity index (χ1n) is 11.1. The fourth-order valence-electron chi connectivity index (χ4n) is 3.48. The average Bonchev–Trinajstić information content (AvgIpc) is 2.65. The fourth-order valence-corrected chi connectivity index (χ4v) is 3.48. The van der Waals surface area contributed by atoms with E-state index in [4.69, 9.17) is 4.74 Å². The molecule has 0 saturated heterocycles. The van der Waals surface area contributed by atoms with E-state index in [9.17, 15) is 9.90 Å². The molecule has 0 atom stereocenters. The van der Waals surface area contributed by atoms with Gasteiger partial charge in [0.1, 0.15) is 11.3 Å². The van der Waals surface area contributed by atoms with Gasteiger partial charge in [-0.3, -0.25) is 0 Å². The SMILES string of the molecule is CCCCCCCCCCCCCCCCOc1c(C)cccc1C(=O)O. The summed E-state index contributed by atoms with van der Waals surface area (Å²) >= 11 is 0. The normalized spacial score (nSPS) is 10.9. The highest BCUT2D eigenvalue weighted by Crippen LogP contribution is 2.23. The molecule has 0 fully saturated rings. The number of aryl methyl sites for hydroxylation is 1. The van der Waals surface area contributed by atoms with Gasteiger partial charge in [-0.05, 0) is 25.0 Å². The zero-order valence-corrected chi connectivity index (χ0v) is 17.6. The molecule has 0 spiro atoms. The zero-order chi connectivity index (χ0) is 19.7. The van der Waals surface area contributed by atoms with Gasteiger partial charge in [0.15, 0.2) is 0 Å². The van der Waals surface area contributed by atoms with Crippen molar-refractivity contribution in [2.75, 3.05) is 6.61 Å². The van der Waals surface area contributed by atoms with Gasteiger partial charge in [0.25, 0.3) is 0 Å². The van der Waals surface area contributed by atoms with Gasteiger partial charge < -0.3 is 9.84 Å². The van der Waals surface area contributed by atoms with Crippen molar-refractivity contribution < 1.29 is 14.6 Å². The summed E-state index contributed by atoms with van der Waals surface area (Å²) in [4.78, 5) is 11.3. The molecule has 0 aromatic heterocycles. The van der Waals surface area contributed by atoms with Crippen LogP contribution in [0.3, 0.4) is 0 Å². The van der Waals surface area contributed by atoms with Gasteiger partial charge in [0.2, 0.25) is 0 Å². The van der Waals surface area contributed by atoms with Gasteiger partial charge in [-0.25, -0.2) is 4.79 Å². The van der Waals surface area contributed by atoms with Crippen molar-refractivity contribution in [3.05, 3.63) is 29.3 Å². The molecule has 0 aliphatic heterocycles. The molecule has 154 valence electrons. The first-order chi connectivity index (χ1) is 13.2. The third kappa shape index (κ3) is 11.0. The molecule has 0 saturated carbocycles. The zero-order valence-electron chi connectivity index (χ0n) is 17.6. The van der Waals surface area contributed by atoms with Crippen molar-refractivity contribution >= 4 is 5.97 Å². The van der Waals surface area contributed by atoms with Crippen molar-refractivity contribution in [3.63, 3.8) is 0 Å². The van der Waals surface area contributed by atoms with Crippen LogP contribution in [0.15, 0.2) is 18.2 Å². The molecule has 0 bridgehead atoms.